The highest BCUT2D eigenvalue weighted by Crippen LogP contribution is 2.47. The Bertz CT molecular complexity index is 1200. The lowest BCUT2D eigenvalue weighted by Crippen LogP contribution is -2.46. The van der Waals surface area contributed by atoms with Gasteiger partial charge >= 0.3 is 6.03 Å². The molecule has 3 aromatic carbocycles. The third-order valence-corrected chi connectivity index (χ3v) is 6.89. The number of piperidine rings is 1. The number of nitrogens with zero attached hydrogens (tertiary/aromatic N) is 2. The number of fused-ring (bicyclic) bond motifs is 2. The fourth-order valence-electron chi connectivity index (χ4n) is 5.07. The molecule has 2 heterocycles. The number of rotatable bonds is 4. The summed E-state index contributed by atoms with van der Waals surface area (Å²) in [5, 5.41) is 2.79. The molecule has 1 spiro atoms. The van der Waals surface area contributed by atoms with E-state index >= 15 is 0 Å². The lowest BCUT2D eigenvalue weighted by atomic mass is 9.74. The van der Waals surface area contributed by atoms with Crippen LogP contribution in [0.1, 0.15) is 24.0 Å². The van der Waals surface area contributed by atoms with Gasteiger partial charge in [-0.3, -0.25) is 9.80 Å². The van der Waals surface area contributed by atoms with Crippen LogP contribution in [0.2, 0.25) is 0 Å². The molecule has 5 rings (SSSR count). The Morgan fingerprint density at radius 3 is 2.47 bits per heavy atom. The number of likely N-dealkylation sites (tertiary alicyclic amines) is 1. The number of carbonyl (C=O) groups is 1. The van der Waals surface area contributed by atoms with Gasteiger partial charge in [0.25, 0.3) is 0 Å². The number of hydrogen-bond donors (Lipinski definition) is 1. The van der Waals surface area contributed by atoms with Crippen LogP contribution in [0.3, 0.4) is 0 Å². The molecule has 1 N–H and O–H groups in total. The van der Waals surface area contributed by atoms with Crippen molar-refractivity contribution in [1.82, 2.24) is 4.90 Å². The zero-order valence-electron chi connectivity index (χ0n) is 18.9. The van der Waals surface area contributed by atoms with Crippen LogP contribution in [-0.2, 0) is 5.41 Å². The van der Waals surface area contributed by atoms with Gasteiger partial charge in [-0.1, -0.05) is 48.6 Å². The largest absolute Gasteiger partial charge is 0.326 e. The minimum Gasteiger partial charge on any atom is -0.307 e. The molecule has 174 valence electrons. The minimum absolute atomic E-state index is 0.281. The van der Waals surface area contributed by atoms with Crippen molar-refractivity contribution in [2.45, 2.75) is 18.3 Å². The van der Waals surface area contributed by atoms with Crippen molar-refractivity contribution >= 4 is 23.5 Å². The summed E-state index contributed by atoms with van der Waals surface area (Å²) in [5.74, 6) is -0.703. The molecule has 4 nitrogen and oxygen atoms in total. The molecule has 6 heteroatoms. The SMILES string of the molecule is O=C(Nc1cccc(F)c1)N1CC2(CCN(CC=Cc3ccccc3)CC2)c2cc(F)ccc21. The van der Waals surface area contributed by atoms with Gasteiger partial charge in [0.2, 0.25) is 0 Å². The molecule has 2 aliphatic heterocycles. The molecule has 0 atom stereocenters. The van der Waals surface area contributed by atoms with Gasteiger partial charge in [0.15, 0.2) is 0 Å². The van der Waals surface area contributed by atoms with E-state index in [4.69, 9.17) is 0 Å². The quantitative estimate of drug-likeness (QED) is 0.515. The van der Waals surface area contributed by atoms with E-state index in [0.29, 0.717) is 12.2 Å². The summed E-state index contributed by atoms with van der Waals surface area (Å²) in [7, 11) is 0. The summed E-state index contributed by atoms with van der Waals surface area (Å²) >= 11 is 0. The lowest BCUT2D eigenvalue weighted by molar-refractivity contribution is 0.180. The van der Waals surface area contributed by atoms with Crippen LogP contribution in [0, 0.1) is 11.6 Å². The Morgan fingerprint density at radius 1 is 0.941 bits per heavy atom. The predicted octanol–water partition coefficient (Wildman–Crippen LogP) is 6.06. The summed E-state index contributed by atoms with van der Waals surface area (Å²) in [6, 6.07) is 20.4. The Labute approximate surface area is 198 Å². The van der Waals surface area contributed by atoms with E-state index in [1.165, 1.54) is 23.8 Å². The molecule has 2 aliphatic rings. The monoisotopic (exact) mass is 459 g/mol. The average Bonchev–Trinajstić information content (AvgIpc) is 3.14. The number of halogens is 2. The van der Waals surface area contributed by atoms with E-state index in [1.54, 1.807) is 29.2 Å². The van der Waals surface area contributed by atoms with Gasteiger partial charge in [-0.05, 0) is 73.5 Å². The number of urea groups is 1. The normalized spacial score (nSPS) is 17.3. The number of amides is 2. The molecular weight excluding hydrogens is 432 g/mol. The van der Waals surface area contributed by atoms with Crippen molar-refractivity contribution in [3.8, 4) is 0 Å². The van der Waals surface area contributed by atoms with Gasteiger partial charge < -0.3 is 5.32 Å². The van der Waals surface area contributed by atoms with Gasteiger partial charge in [0.05, 0.1) is 0 Å². The standard InChI is InChI=1S/C28H27F2N3O/c29-22-9-4-10-24(18-22)31-27(34)33-20-28(25-19-23(30)11-12-26(25)33)13-16-32(17-14-28)15-5-8-21-6-2-1-3-7-21/h1-12,18-19H,13-17,20H2,(H,31,34). The number of benzene rings is 3. The number of nitrogens with one attached hydrogen (secondary N) is 1. The summed E-state index contributed by atoms with van der Waals surface area (Å²) in [6.07, 6.45) is 5.98. The van der Waals surface area contributed by atoms with Gasteiger partial charge in [-0.25, -0.2) is 13.6 Å². The van der Waals surface area contributed by atoms with Crippen LogP contribution in [0.4, 0.5) is 25.0 Å². The first kappa shape index (κ1) is 22.3. The first-order chi connectivity index (χ1) is 16.5. The molecule has 3 aromatic rings. The molecule has 0 unspecified atom stereocenters. The molecule has 0 saturated carbocycles. The van der Waals surface area contributed by atoms with Crippen molar-refractivity contribution in [2.75, 3.05) is 36.4 Å². The highest BCUT2D eigenvalue weighted by Gasteiger charge is 2.46. The second kappa shape index (κ2) is 9.39. The molecule has 34 heavy (non-hydrogen) atoms. The first-order valence-electron chi connectivity index (χ1n) is 11.6. The fraction of sp³-hybridized carbons (Fsp3) is 0.250. The first-order valence-corrected chi connectivity index (χ1v) is 11.6. The van der Waals surface area contributed by atoms with E-state index in [-0.39, 0.29) is 17.3 Å². The highest BCUT2D eigenvalue weighted by atomic mass is 19.1. The zero-order valence-corrected chi connectivity index (χ0v) is 18.9. The second-order valence-electron chi connectivity index (χ2n) is 9.08. The molecular formula is C28H27F2N3O. The smallest absolute Gasteiger partial charge is 0.307 e. The van der Waals surface area contributed by atoms with Crippen LogP contribution in [-0.4, -0.2) is 37.1 Å². The van der Waals surface area contributed by atoms with Gasteiger partial charge in [0, 0.05) is 29.9 Å². The number of anilines is 2. The second-order valence-corrected chi connectivity index (χ2v) is 9.08. The highest BCUT2D eigenvalue weighted by molar-refractivity contribution is 6.03. The van der Waals surface area contributed by atoms with Crippen LogP contribution >= 0.6 is 0 Å². The van der Waals surface area contributed by atoms with E-state index in [0.717, 1.165) is 43.7 Å². The third kappa shape index (κ3) is 4.59. The summed E-state index contributed by atoms with van der Waals surface area (Å²) in [5.41, 5.74) is 2.91. The Morgan fingerprint density at radius 2 is 1.71 bits per heavy atom. The lowest BCUT2D eigenvalue weighted by Gasteiger charge is -2.39. The zero-order chi connectivity index (χ0) is 23.5. The summed E-state index contributed by atoms with van der Waals surface area (Å²) in [4.78, 5) is 17.2. The van der Waals surface area contributed by atoms with E-state index in [2.05, 4.69) is 34.5 Å². The van der Waals surface area contributed by atoms with E-state index < -0.39 is 5.82 Å². The summed E-state index contributed by atoms with van der Waals surface area (Å²) < 4.78 is 27.8. The predicted molar refractivity (Wildman–Crippen MR) is 132 cm³/mol. The topological polar surface area (TPSA) is 35.6 Å². The van der Waals surface area contributed by atoms with Crippen LogP contribution in [0.25, 0.3) is 6.08 Å². The van der Waals surface area contributed by atoms with Crippen LogP contribution < -0.4 is 10.2 Å². The van der Waals surface area contributed by atoms with Crippen molar-refractivity contribution < 1.29 is 13.6 Å². The third-order valence-electron chi connectivity index (χ3n) is 6.89. The Kier molecular flexibility index (Phi) is 6.16. The number of carbonyl (C=O) groups excluding carboxylic acids is 1. The fourth-order valence-corrected chi connectivity index (χ4v) is 5.07. The minimum atomic E-state index is -0.410. The Balaban J connectivity index is 1.29. The molecule has 2 amide bonds. The van der Waals surface area contributed by atoms with Crippen LogP contribution in [0.5, 0.6) is 0 Å². The molecule has 0 radical (unpaired) electrons. The summed E-state index contributed by atoms with van der Waals surface area (Å²) in [6.45, 7) is 3.08. The molecule has 0 aromatic heterocycles. The van der Waals surface area contributed by atoms with Crippen molar-refractivity contribution in [3.05, 3.63) is 102 Å². The van der Waals surface area contributed by atoms with Crippen molar-refractivity contribution in [1.29, 1.82) is 0 Å². The van der Waals surface area contributed by atoms with Crippen LogP contribution in [0.15, 0.2) is 78.9 Å². The maximum absolute atomic E-state index is 14.2. The van der Waals surface area contributed by atoms with Gasteiger partial charge in [-0.15, -0.1) is 0 Å². The van der Waals surface area contributed by atoms with Crippen molar-refractivity contribution in [3.63, 3.8) is 0 Å². The van der Waals surface area contributed by atoms with E-state index in [9.17, 15) is 13.6 Å². The molecule has 0 bridgehead atoms. The van der Waals surface area contributed by atoms with Gasteiger partial charge in [0.1, 0.15) is 11.6 Å². The van der Waals surface area contributed by atoms with Gasteiger partial charge in [-0.2, -0.15) is 0 Å². The maximum atomic E-state index is 14.2. The van der Waals surface area contributed by atoms with Crippen molar-refractivity contribution in [2.24, 2.45) is 0 Å². The average molecular weight is 460 g/mol. The number of hydrogen-bond acceptors (Lipinski definition) is 2. The molecule has 1 fully saturated rings. The maximum Gasteiger partial charge on any atom is 0.326 e. The Hall–Kier alpha value is -3.51. The molecule has 1 saturated heterocycles. The van der Waals surface area contributed by atoms with E-state index in [1.807, 2.05) is 18.2 Å². The molecule has 0 aliphatic carbocycles.